The first-order valence-electron chi connectivity index (χ1n) is 8.95. The number of hydrogen-bond donors (Lipinski definition) is 1. The summed E-state index contributed by atoms with van der Waals surface area (Å²) in [5, 5.41) is 0.799. The van der Waals surface area contributed by atoms with E-state index in [9.17, 15) is 4.79 Å². The van der Waals surface area contributed by atoms with Crippen LogP contribution in [-0.4, -0.2) is 4.98 Å². The van der Waals surface area contributed by atoms with Gasteiger partial charge in [-0.2, -0.15) is 0 Å². The van der Waals surface area contributed by atoms with E-state index in [1.54, 1.807) is 0 Å². The second kappa shape index (κ2) is 9.34. The van der Waals surface area contributed by atoms with Crippen LogP contribution in [0.3, 0.4) is 0 Å². The Bertz CT molecular complexity index is 684. The molecule has 0 aliphatic rings. The zero-order valence-corrected chi connectivity index (χ0v) is 14.4. The van der Waals surface area contributed by atoms with Crippen LogP contribution in [-0.2, 0) is 6.42 Å². The van der Waals surface area contributed by atoms with E-state index >= 15 is 0 Å². The Hall–Kier alpha value is -1.83. The molecule has 1 aromatic heterocycles. The normalized spacial score (nSPS) is 11.0. The summed E-state index contributed by atoms with van der Waals surface area (Å²) in [7, 11) is 0. The number of rotatable bonds is 10. The number of fused-ring (bicyclic) bond motifs is 1. The smallest absolute Gasteiger partial charge is 0.192 e. The Morgan fingerprint density at radius 2 is 1.65 bits per heavy atom. The highest BCUT2D eigenvalue weighted by Crippen LogP contribution is 2.14. The molecule has 2 nitrogen and oxygen atoms in total. The van der Waals surface area contributed by atoms with Gasteiger partial charge in [-0.15, -0.1) is 6.58 Å². The second-order valence-corrected chi connectivity index (χ2v) is 6.41. The van der Waals surface area contributed by atoms with E-state index in [1.165, 1.54) is 38.5 Å². The van der Waals surface area contributed by atoms with Gasteiger partial charge in [-0.25, -0.2) is 0 Å². The van der Waals surface area contributed by atoms with Gasteiger partial charge in [0.15, 0.2) is 5.43 Å². The molecule has 0 unspecified atom stereocenters. The molecular formula is C21H29NO. The number of aromatic nitrogens is 1. The summed E-state index contributed by atoms with van der Waals surface area (Å²) in [5.74, 6) is 0. The molecule has 2 rings (SSSR count). The highest BCUT2D eigenvalue weighted by molar-refractivity contribution is 5.79. The van der Waals surface area contributed by atoms with E-state index in [0.717, 1.165) is 41.4 Å². The van der Waals surface area contributed by atoms with Crippen molar-refractivity contribution in [3.8, 4) is 0 Å². The molecule has 0 radical (unpaired) electrons. The van der Waals surface area contributed by atoms with E-state index in [4.69, 9.17) is 0 Å². The molecule has 1 N–H and O–H groups in total. The van der Waals surface area contributed by atoms with Crippen molar-refractivity contribution in [3.05, 3.63) is 58.4 Å². The Labute approximate surface area is 139 Å². The Morgan fingerprint density at radius 1 is 1.00 bits per heavy atom. The van der Waals surface area contributed by atoms with Crippen molar-refractivity contribution in [2.45, 2.75) is 64.7 Å². The van der Waals surface area contributed by atoms with Gasteiger partial charge in [0.25, 0.3) is 0 Å². The molecule has 0 saturated carbocycles. The maximum Gasteiger partial charge on any atom is 0.192 e. The molecule has 0 bridgehead atoms. The SMILES string of the molecule is C=CCCCCCCCCCc1[nH]c2ccccc2c(=O)c1C. The minimum absolute atomic E-state index is 0.177. The third-order valence-corrected chi connectivity index (χ3v) is 4.59. The fourth-order valence-electron chi connectivity index (χ4n) is 3.11. The monoisotopic (exact) mass is 311 g/mol. The maximum absolute atomic E-state index is 12.4. The summed E-state index contributed by atoms with van der Waals surface area (Å²) in [4.78, 5) is 15.8. The van der Waals surface area contributed by atoms with E-state index in [2.05, 4.69) is 11.6 Å². The average molecular weight is 311 g/mol. The molecule has 124 valence electrons. The van der Waals surface area contributed by atoms with Crippen LogP contribution in [0.2, 0.25) is 0 Å². The van der Waals surface area contributed by atoms with Gasteiger partial charge in [-0.05, 0) is 44.7 Å². The minimum atomic E-state index is 0.177. The minimum Gasteiger partial charge on any atom is -0.358 e. The highest BCUT2D eigenvalue weighted by Gasteiger charge is 2.07. The van der Waals surface area contributed by atoms with Gasteiger partial charge >= 0.3 is 0 Å². The second-order valence-electron chi connectivity index (χ2n) is 6.41. The number of aryl methyl sites for hydroxylation is 1. The number of hydrogen-bond acceptors (Lipinski definition) is 1. The summed E-state index contributed by atoms with van der Waals surface area (Å²) < 4.78 is 0. The third kappa shape index (κ3) is 5.09. The molecule has 0 saturated heterocycles. The van der Waals surface area contributed by atoms with E-state index < -0.39 is 0 Å². The van der Waals surface area contributed by atoms with E-state index in [1.807, 2.05) is 37.3 Å². The van der Waals surface area contributed by atoms with Crippen molar-refractivity contribution >= 4 is 10.9 Å². The van der Waals surface area contributed by atoms with Gasteiger partial charge < -0.3 is 4.98 Å². The number of benzene rings is 1. The zero-order valence-electron chi connectivity index (χ0n) is 14.4. The summed E-state index contributed by atoms with van der Waals surface area (Å²) in [5.41, 5.74) is 3.13. The molecule has 0 aliphatic carbocycles. The fraction of sp³-hybridized carbons (Fsp3) is 0.476. The molecule has 0 aliphatic heterocycles. The van der Waals surface area contributed by atoms with Crippen molar-refractivity contribution < 1.29 is 0 Å². The number of allylic oxidation sites excluding steroid dienone is 1. The average Bonchev–Trinajstić information content (AvgIpc) is 2.57. The van der Waals surface area contributed by atoms with Crippen LogP contribution in [0.1, 0.15) is 62.6 Å². The summed E-state index contributed by atoms with van der Waals surface area (Å²) >= 11 is 0. The van der Waals surface area contributed by atoms with Crippen LogP contribution in [0.5, 0.6) is 0 Å². The third-order valence-electron chi connectivity index (χ3n) is 4.59. The molecule has 2 heteroatoms. The number of para-hydroxylation sites is 1. The number of aromatic amines is 1. The van der Waals surface area contributed by atoms with Crippen molar-refractivity contribution in [3.63, 3.8) is 0 Å². The molecule has 0 atom stereocenters. The van der Waals surface area contributed by atoms with Crippen molar-refractivity contribution in [1.29, 1.82) is 0 Å². The standard InChI is InChI=1S/C21H29NO/c1-3-4-5-6-7-8-9-10-11-15-19-17(2)21(23)18-14-12-13-16-20(18)22-19/h3,12-14,16H,1,4-11,15H2,2H3,(H,22,23). The lowest BCUT2D eigenvalue weighted by Gasteiger charge is -2.08. The first-order chi connectivity index (χ1) is 11.2. The quantitative estimate of drug-likeness (QED) is 0.444. The van der Waals surface area contributed by atoms with Crippen LogP contribution >= 0.6 is 0 Å². The Morgan fingerprint density at radius 3 is 2.39 bits per heavy atom. The van der Waals surface area contributed by atoms with Gasteiger partial charge in [0, 0.05) is 22.2 Å². The number of nitrogens with one attached hydrogen (secondary N) is 1. The summed E-state index contributed by atoms with van der Waals surface area (Å²) in [6.07, 6.45) is 13.1. The predicted octanol–water partition coefficient (Wildman–Crippen LogP) is 5.69. The molecule has 0 amide bonds. The van der Waals surface area contributed by atoms with Crippen molar-refractivity contribution in [2.75, 3.05) is 0 Å². The van der Waals surface area contributed by atoms with E-state index in [-0.39, 0.29) is 5.43 Å². The molecule has 1 aromatic carbocycles. The zero-order chi connectivity index (χ0) is 16.5. The van der Waals surface area contributed by atoms with Gasteiger partial charge in [-0.1, -0.05) is 50.3 Å². The van der Waals surface area contributed by atoms with Crippen LogP contribution in [0.25, 0.3) is 10.9 Å². The van der Waals surface area contributed by atoms with Gasteiger partial charge in [0.2, 0.25) is 0 Å². The van der Waals surface area contributed by atoms with Crippen LogP contribution in [0, 0.1) is 6.92 Å². The lowest BCUT2D eigenvalue weighted by molar-refractivity contribution is 0.579. The lowest BCUT2D eigenvalue weighted by atomic mass is 10.0. The number of unbranched alkanes of at least 4 members (excludes halogenated alkanes) is 7. The van der Waals surface area contributed by atoms with Crippen LogP contribution < -0.4 is 5.43 Å². The lowest BCUT2D eigenvalue weighted by Crippen LogP contribution is -2.11. The van der Waals surface area contributed by atoms with Gasteiger partial charge in [0.1, 0.15) is 0 Å². The molecule has 0 fully saturated rings. The van der Waals surface area contributed by atoms with E-state index in [0.29, 0.717) is 0 Å². The number of H-pyrrole nitrogens is 1. The summed E-state index contributed by atoms with van der Waals surface area (Å²) in [6.45, 7) is 5.70. The molecular weight excluding hydrogens is 282 g/mol. The Balaban J connectivity index is 1.78. The molecule has 2 aromatic rings. The first kappa shape index (κ1) is 17.5. The molecule has 1 heterocycles. The van der Waals surface area contributed by atoms with Crippen LogP contribution in [0.15, 0.2) is 41.7 Å². The number of pyridine rings is 1. The van der Waals surface area contributed by atoms with Gasteiger partial charge in [0.05, 0.1) is 0 Å². The van der Waals surface area contributed by atoms with Crippen molar-refractivity contribution in [2.24, 2.45) is 0 Å². The molecule has 0 spiro atoms. The highest BCUT2D eigenvalue weighted by atomic mass is 16.1. The maximum atomic E-state index is 12.4. The van der Waals surface area contributed by atoms with Crippen LogP contribution in [0.4, 0.5) is 0 Å². The first-order valence-corrected chi connectivity index (χ1v) is 8.95. The Kier molecular flexibility index (Phi) is 7.12. The fourth-order valence-corrected chi connectivity index (χ4v) is 3.11. The van der Waals surface area contributed by atoms with Crippen molar-refractivity contribution in [1.82, 2.24) is 4.98 Å². The molecule has 23 heavy (non-hydrogen) atoms. The topological polar surface area (TPSA) is 32.9 Å². The van der Waals surface area contributed by atoms with Gasteiger partial charge in [-0.3, -0.25) is 4.79 Å². The largest absolute Gasteiger partial charge is 0.358 e. The predicted molar refractivity (Wildman–Crippen MR) is 100 cm³/mol. The summed E-state index contributed by atoms with van der Waals surface area (Å²) in [6, 6.07) is 7.79.